The van der Waals surface area contributed by atoms with Crippen LogP contribution in [-0.4, -0.2) is 24.7 Å². The van der Waals surface area contributed by atoms with Gasteiger partial charge in [0, 0.05) is 12.0 Å². The molecule has 0 aliphatic heterocycles. The number of hydrogen-bond acceptors (Lipinski definition) is 4. The Morgan fingerprint density at radius 3 is 2.72 bits per heavy atom. The summed E-state index contributed by atoms with van der Waals surface area (Å²) in [5.41, 5.74) is 6.23. The minimum absolute atomic E-state index is 0.240. The molecular weight excluding hydrogens is 230 g/mol. The highest BCUT2D eigenvalue weighted by molar-refractivity contribution is 5.85. The number of nitrogens with two attached hydrogens (primary N) is 1. The number of hydrogen-bond donors (Lipinski definition) is 3. The molecule has 5 nitrogen and oxygen atoms in total. The minimum Gasteiger partial charge on any atom is -0.495 e. The molecule has 0 aliphatic rings. The number of methoxy groups -OCH3 is 1. The summed E-state index contributed by atoms with van der Waals surface area (Å²) in [4.78, 5) is 0. The maximum atomic E-state index is 8.69. The van der Waals surface area contributed by atoms with Crippen LogP contribution >= 0.6 is 0 Å². The Morgan fingerprint density at radius 1 is 1.44 bits per heavy atom. The highest BCUT2D eigenvalue weighted by Gasteiger charge is 2.23. The smallest absolute Gasteiger partial charge is 0.144 e. The summed E-state index contributed by atoms with van der Waals surface area (Å²) in [6.07, 6.45) is 0.751. The van der Waals surface area contributed by atoms with Gasteiger partial charge in [-0.2, -0.15) is 0 Å². The first-order chi connectivity index (χ1) is 8.51. The van der Waals surface area contributed by atoms with Gasteiger partial charge < -0.3 is 21.0 Å². The topological polar surface area (TPSA) is 79.9 Å². The maximum Gasteiger partial charge on any atom is 0.144 e. The molecule has 0 saturated carbocycles. The van der Waals surface area contributed by atoms with Crippen LogP contribution in [0.15, 0.2) is 29.4 Å². The molecule has 0 atom stereocenters. The molecule has 0 fully saturated rings. The predicted octanol–water partition coefficient (Wildman–Crippen LogP) is 2.27. The van der Waals surface area contributed by atoms with Gasteiger partial charge in [-0.05, 0) is 18.6 Å². The minimum atomic E-state index is -0.343. The van der Waals surface area contributed by atoms with E-state index in [2.05, 4.69) is 10.5 Å². The van der Waals surface area contributed by atoms with Crippen LogP contribution in [0.25, 0.3) is 0 Å². The van der Waals surface area contributed by atoms with Gasteiger partial charge in [0.05, 0.1) is 12.8 Å². The average molecular weight is 251 g/mol. The van der Waals surface area contributed by atoms with Crippen molar-refractivity contribution in [2.24, 2.45) is 16.3 Å². The number of benzene rings is 1. The van der Waals surface area contributed by atoms with E-state index >= 15 is 0 Å². The van der Waals surface area contributed by atoms with E-state index in [9.17, 15) is 0 Å². The molecule has 0 amide bonds. The number of oxime groups is 1. The Morgan fingerprint density at radius 2 is 2.11 bits per heavy atom. The lowest BCUT2D eigenvalue weighted by molar-refractivity contribution is 0.306. The third kappa shape index (κ3) is 3.55. The van der Waals surface area contributed by atoms with Crippen LogP contribution in [0.4, 0.5) is 5.69 Å². The van der Waals surface area contributed by atoms with Crippen molar-refractivity contribution in [2.45, 2.75) is 20.3 Å². The zero-order chi connectivity index (χ0) is 13.6. The zero-order valence-corrected chi connectivity index (χ0v) is 11.1. The Bertz CT molecular complexity index is 416. The molecule has 18 heavy (non-hydrogen) atoms. The summed E-state index contributed by atoms with van der Waals surface area (Å²) < 4.78 is 5.25. The van der Waals surface area contributed by atoms with Crippen molar-refractivity contribution in [1.82, 2.24) is 0 Å². The molecule has 0 unspecified atom stereocenters. The van der Waals surface area contributed by atoms with Crippen molar-refractivity contribution in [1.29, 1.82) is 0 Å². The summed E-state index contributed by atoms with van der Waals surface area (Å²) in [5.74, 6) is 1.04. The molecule has 0 spiro atoms. The molecule has 0 aromatic heterocycles. The Balaban J connectivity index is 2.56. The Kier molecular flexibility index (Phi) is 4.83. The van der Waals surface area contributed by atoms with Gasteiger partial charge in [-0.1, -0.05) is 31.1 Å². The molecule has 1 aromatic carbocycles. The summed E-state index contributed by atoms with van der Waals surface area (Å²) in [5, 5.41) is 15.0. The lowest BCUT2D eigenvalue weighted by Crippen LogP contribution is -2.33. The fourth-order valence-electron chi connectivity index (χ4n) is 1.56. The van der Waals surface area contributed by atoms with Crippen molar-refractivity contribution in [3.05, 3.63) is 24.3 Å². The van der Waals surface area contributed by atoms with E-state index in [1.165, 1.54) is 0 Å². The SMILES string of the molecule is COc1ccccc1NCCC(C)(C)C(N)=NO. The second-order valence-corrected chi connectivity index (χ2v) is 4.75. The molecule has 0 radical (unpaired) electrons. The molecule has 5 heteroatoms. The van der Waals surface area contributed by atoms with Gasteiger partial charge in [0.15, 0.2) is 0 Å². The molecule has 4 N–H and O–H groups in total. The molecule has 0 heterocycles. The fourth-order valence-corrected chi connectivity index (χ4v) is 1.56. The van der Waals surface area contributed by atoms with E-state index in [1.807, 2.05) is 38.1 Å². The van der Waals surface area contributed by atoms with Crippen LogP contribution in [0.1, 0.15) is 20.3 Å². The second kappa shape index (κ2) is 6.14. The number of rotatable bonds is 6. The molecular formula is C13H21N3O2. The average Bonchev–Trinajstić information content (AvgIpc) is 2.38. The van der Waals surface area contributed by atoms with Gasteiger partial charge >= 0.3 is 0 Å². The van der Waals surface area contributed by atoms with Crippen LogP contribution in [0.5, 0.6) is 5.75 Å². The summed E-state index contributed by atoms with van der Waals surface area (Å²) >= 11 is 0. The lowest BCUT2D eigenvalue weighted by Gasteiger charge is -2.23. The van der Waals surface area contributed by atoms with E-state index in [1.54, 1.807) is 7.11 Å². The van der Waals surface area contributed by atoms with Crippen LogP contribution in [-0.2, 0) is 0 Å². The van der Waals surface area contributed by atoms with E-state index in [0.29, 0.717) is 6.54 Å². The number of para-hydroxylation sites is 2. The summed E-state index contributed by atoms with van der Waals surface area (Å²) in [6.45, 7) is 4.58. The molecule has 100 valence electrons. The maximum absolute atomic E-state index is 8.69. The number of ether oxygens (including phenoxy) is 1. The Hall–Kier alpha value is -1.91. The van der Waals surface area contributed by atoms with E-state index < -0.39 is 0 Å². The van der Waals surface area contributed by atoms with Crippen LogP contribution in [0.3, 0.4) is 0 Å². The van der Waals surface area contributed by atoms with Crippen molar-refractivity contribution in [3.8, 4) is 5.75 Å². The van der Waals surface area contributed by atoms with Crippen LogP contribution < -0.4 is 15.8 Å². The fraction of sp³-hybridized carbons (Fsp3) is 0.462. The summed E-state index contributed by atoms with van der Waals surface area (Å²) in [7, 11) is 1.64. The quantitative estimate of drug-likeness (QED) is 0.313. The van der Waals surface area contributed by atoms with Crippen molar-refractivity contribution in [2.75, 3.05) is 19.0 Å². The van der Waals surface area contributed by atoms with Gasteiger partial charge in [-0.3, -0.25) is 0 Å². The van der Waals surface area contributed by atoms with Gasteiger partial charge in [0.25, 0.3) is 0 Å². The van der Waals surface area contributed by atoms with Crippen molar-refractivity contribution < 1.29 is 9.94 Å². The van der Waals surface area contributed by atoms with E-state index in [4.69, 9.17) is 15.7 Å². The monoisotopic (exact) mass is 251 g/mol. The first-order valence-corrected chi connectivity index (χ1v) is 5.86. The highest BCUT2D eigenvalue weighted by Crippen LogP contribution is 2.25. The molecule has 0 bridgehead atoms. The predicted molar refractivity (Wildman–Crippen MR) is 73.3 cm³/mol. The van der Waals surface area contributed by atoms with E-state index in [0.717, 1.165) is 17.9 Å². The zero-order valence-electron chi connectivity index (χ0n) is 11.1. The van der Waals surface area contributed by atoms with Gasteiger partial charge in [-0.25, -0.2) is 0 Å². The number of amidine groups is 1. The first-order valence-electron chi connectivity index (χ1n) is 5.86. The first kappa shape index (κ1) is 14.2. The molecule has 1 rings (SSSR count). The molecule has 0 aliphatic carbocycles. The highest BCUT2D eigenvalue weighted by atomic mass is 16.5. The normalized spacial score (nSPS) is 12.3. The second-order valence-electron chi connectivity index (χ2n) is 4.75. The molecule has 1 aromatic rings. The number of anilines is 1. The lowest BCUT2D eigenvalue weighted by atomic mass is 9.88. The van der Waals surface area contributed by atoms with Crippen LogP contribution in [0.2, 0.25) is 0 Å². The largest absolute Gasteiger partial charge is 0.495 e. The van der Waals surface area contributed by atoms with Crippen LogP contribution in [0, 0.1) is 5.41 Å². The Labute approximate surface area is 108 Å². The van der Waals surface area contributed by atoms with E-state index in [-0.39, 0.29) is 11.3 Å². The number of nitrogens with one attached hydrogen (secondary N) is 1. The molecule has 0 saturated heterocycles. The van der Waals surface area contributed by atoms with Gasteiger partial charge in [0.1, 0.15) is 11.6 Å². The van der Waals surface area contributed by atoms with Crippen molar-refractivity contribution in [3.63, 3.8) is 0 Å². The number of nitrogens with zero attached hydrogens (tertiary/aromatic N) is 1. The van der Waals surface area contributed by atoms with Gasteiger partial charge in [0.2, 0.25) is 0 Å². The van der Waals surface area contributed by atoms with Gasteiger partial charge in [-0.15, -0.1) is 0 Å². The third-order valence-corrected chi connectivity index (χ3v) is 2.97. The standard InChI is InChI=1S/C13H21N3O2/c1-13(2,12(14)16-17)8-9-15-10-6-4-5-7-11(10)18-3/h4-7,15,17H,8-9H2,1-3H3,(H2,14,16). The third-order valence-electron chi connectivity index (χ3n) is 2.97. The summed E-state index contributed by atoms with van der Waals surface area (Å²) in [6, 6.07) is 7.72. The van der Waals surface area contributed by atoms with Crippen molar-refractivity contribution >= 4 is 11.5 Å².